The van der Waals surface area contributed by atoms with Crippen LogP contribution in [0.5, 0.6) is 5.75 Å². The standard InChI is InChI=1S/C16H22F2N2O2/c1-3-20-8-6-13(7-9-20)19-16(21)11(2)22-15-5-4-12(17)10-14(15)18/h4-5,10-11,13H,3,6-9H2,1-2H3,(H,19,21)/t11-/m1/s1. The highest BCUT2D eigenvalue weighted by atomic mass is 19.1. The Balaban J connectivity index is 1.84. The van der Waals surface area contributed by atoms with Crippen LogP contribution in [0.15, 0.2) is 18.2 Å². The number of carbonyl (C=O) groups is 1. The van der Waals surface area contributed by atoms with E-state index in [1.807, 2.05) is 0 Å². The molecule has 1 saturated heterocycles. The van der Waals surface area contributed by atoms with Crippen LogP contribution in [0.4, 0.5) is 8.78 Å². The Kier molecular flexibility index (Phi) is 5.71. The smallest absolute Gasteiger partial charge is 0.260 e. The van der Waals surface area contributed by atoms with E-state index >= 15 is 0 Å². The van der Waals surface area contributed by atoms with Gasteiger partial charge in [-0.15, -0.1) is 0 Å². The molecule has 0 bridgehead atoms. The summed E-state index contributed by atoms with van der Waals surface area (Å²) in [5.74, 6) is -1.89. The molecule has 1 heterocycles. The SMILES string of the molecule is CCN1CCC(NC(=O)[C@@H](C)Oc2ccc(F)cc2F)CC1. The summed E-state index contributed by atoms with van der Waals surface area (Å²) in [4.78, 5) is 14.4. The first kappa shape index (κ1) is 16.7. The molecule has 0 radical (unpaired) electrons. The first-order valence-electron chi connectivity index (χ1n) is 7.64. The summed E-state index contributed by atoms with van der Waals surface area (Å²) in [5.41, 5.74) is 0. The molecule has 1 aromatic rings. The Bertz CT molecular complexity index is 517. The van der Waals surface area contributed by atoms with Crippen molar-refractivity contribution in [3.05, 3.63) is 29.8 Å². The number of halogens is 2. The van der Waals surface area contributed by atoms with E-state index in [1.54, 1.807) is 6.92 Å². The van der Waals surface area contributed by atoms with Crippen molar-refractivity contribution < 1.29 is 18.3 Å². The lowest BCUT2D eigenvalue weighted by Crippen LogP contribution is -2.48. The second-order valence-corrected chi connectivity index (χ2v) is 5.55. The number of nitrogens with one attached hydrogen (secondary N) is 1. The number of benzene rings is 1. The van der Waals surface area contributed by atoms with Gasteiger partial charge in [0.05, 0.1) is 0 Å². The fourth-order valence-electron chi connectivity index (χ4n) is 2.53. The maximum atomic E-state index is 13.5. The van der Waals surface area contributed by atoms with Gasteiger partial charge in [-0.3, -0.25) is 4.79 Å². The van der Waals surface area contributed by atoms with E-state index in [4.69, 9.17) is 4.74 Å². The lowest BCUT2D eigenvalue weighted by Gasteiger charge is -2.32. The van der Waals surface area contributed by atoms with Crippen molar-refractivity contribution in [3.63, 3.8) is 0 Å². The molecule has 122 valence electrons. The molecule has 0 aromatic heterocycles. The molecule has 6 heteroatoms. The number of rotatable bonds is 5. The van der Waals surface area contributed by atoms with Crippen LogP contribution in [-0.2, 0) is 4.79 Å². The van der Waals surface area contributed by atoms with Crippen molar-refractivity contribution in [1.29, 1.82) is 0 Å². The maximum Gasteiger partial charge on any atom is 0.260 e. The molecule has 1 aliphatic rings. The molecule has 1 amide bonds. The first-order chi connectivity index (χ1) is 10.5. The average Bonchev–Trinajstić information content (AvgIpc) is 2.50. The maximum absolute atomic E-state index is 13.5. The molecule has 0 saturated carbocycles. The molecule has 22 heavy (non-hydrogen) atoms. The molecule has 0 unspecified atom stereocenters. The largest absolute Gasteiger partial charge is 0.478 e. The number of hydrogen-bond acceptors (Lipinski definition) is 3. The molecule has 1 aromatic carbocycles. The van der Waals surface area contributed by atoms with Crippen molar-refractivity contribution in [3.8, 4) is 5.75 Å². The van der Waals surface area contributed by atoms with E-state index in [-0.39, 0.29) is 17.7 Å². The van der Waals surface area contributed by atoms with E-state index in [0.29, 0.717) is 0 Å². The number of hydrogen-bond donors (Lipinski definition) is 1. The number of piperidine rings is 1. The van der Waals surface area contributed by atoms with Gasteiger partial charge in [0.25, 0.3) is 5.91 Å². The summed E-state index contributed by atoms with van der Waals surface area (Å²) in [5, 5.41) is 2.93. The summed E-state index contributed by atoms with van der Waals surface area (Å²) in [7, 11) is 0. The normalized spacial score (nSPS) is 18.0. The molecule has 0 aliphatic carbocycles. The van der Waals surface area contributed by atoms with Gasteiger partial charge >= 0.3 is 0 Å². The molecule has 0 spiro atoms. The van der Waals surface area contributed by atoms with Crippen LogP contribution >= 0.6 is 0 Å². The van der Waals surface area contributed by atoms with Crippen LogP contribution in [-0.4, -0.2) is 42.6 Å². The van der Waals surface area contributed by atoms with Crippen LogP contribution in [0.2, 0.25) is 0 Å². The molecule has 1 fully saturated rings. The number of carbonyl (C=O) groups excluding carboxylic acids is 1. The van der Waals surface area contributed by atoms with Gasteiger partial charge in [-0.05, 0) is 38.4 Å². The van der Waals surface area contributed by atoms with E-state index < -0.39 is 17.7 Å². The summed E-state index contributed by atoms with van der Waals surface area (Å²) >= 11 is 0. The molecule has 4 nitrogen and oxygen atoms in total. The Hall–Kier alpha value is -1.69. The monoisotopic (exact) mass is 312 g/mol. The summed E-state index contributed by atoms with van der Waals surface area (Å²) in [6.45, 7) is 6.61. The van der Waals surface area contributed by atoms with E-state index in [0.717, 1.165) is 44.6 Å². The number of amides is 1. The van der Waals surface area contributed by atoms with Crippen LogP contribution in [0.3, 0.4) is 0 Å². The minimum absolute atomic E-state index is 0.121. The van der Waals surface area contributed by atoms with Gasteiger partial charge in [-0.25, -0.2) is 8.78 Å². The quantitative estimate of drug-likeness (QED) is 0.907. The molecule has 2 rings (SSSR count). The zero-order chi connectivity index (χ0) is 16.1. The zero-order valence-electron chi connectivity index (χ0n) is 12.9. The van der Waals surface area contributed by atoms with Crippen LogP contribution in [0.25, 0.3) is 0 Å². The van der Waals surface area contributed by atoms with Crippen LogP contribution < -0.4 is 10.1 Å². The summed E-state index contributed by atoms with van der Waals surface area (Å²) < 4.78 is 31.6. The lowest BCUT2D eigenvalue weighted by molar-refractivity contribution is -0.128. The van der Waals surface area contributed by atoms with Crippen LogP contribution in [0.1, 0.15) is 26.7 Å². The zero-order valence-corrected chi connectivity index (χ0v) is 12.9. The highest BCUT2D eigenvalue weighted by Crippen LogP contribution is 2.19. The average molecular weight is 312 g/mol. The predicted octanol–water partition coefficient (Wildman–Crippen LogP) is 2.33. The van der Waals surface area contributed by atoms with Crippen molar-refractivity contribution in [2.75, 3.05) is 19.6 Å². The molecule has 1 aliphatic heterocycles. The number of likely N-dealkylation sites (tertiary alicyclic amines) is 1. The van der Waals surface area contributed by atoms with E-state index in [1.165, 1.54) is 6.07 Å². The van der Waals surface area contributed by atoms with E-state index in [2.05, 4.69) is 17.1 Å². The highest BCUT2D eigenvalue weighted by molar-refractivity contribution is 5.81. The fourth-order valence-corrected chi connectivity index (χ4v) is 2.53. The predicted molar refractivity (Wildman–Crippen MR) is 79.7 cm³/mol. The van der Waals surface area contributed by atoms with Gasteiger partial charge in [0.1, 0.15) is 5.82 Å². The first-order valence-corrected chi connectivity index (χ1v) is 7.64. The Morgan fingerprint density at radius 1 is 1.41 bits per heavy atom. The van der Waals surface area contributed by atoms with Crippen molar-refractivity contribution in [1.82, 2.24) is 10.2 Å². The molecular formula is C16H22F2N2O2. The number of nitrogens with zero attached hydrogens (tertiary/aromatic N) is 1. The van der Waals surface area contributed by atoms with Crippen molar-refractivity contribution in [2.24, 2.45) is 0 Å². The minimum atomic E-state index is -0.829. The van der Waals surface area contributed by atoms with Gasteiger partial charge < -0.3 is 15.0 Å². The molecule has 1 atom stereocenters. The second-order valence-electron chi connectivity index (χ2n) is 5.55. The van der Waals surface area contributed by atoms with Crippen LogP contribution in [0, 0.1) is 11.6 Å². The number of ether oxygens (including phenoxy) is 1. The van der Waals surface area contributed by atoms with Gasteiger partial charge in [0.2, 0.25) is 0 Å². The Morgan fingerprint density at radius 2 is 2.09 bits per heavy atom. The Labute approximate surface area is 129 Å². The second kappa shape index (κ2) is 7.54. The molecule has 1 N–H and O–H groups in total. The lowest BCUT2D eigenvalue weighted by atomic mass is 10.0. The third-order valence-corrected chi connectivity index (χ3v) is 3.95. The van der Waals surface area contributed by atoms with Gasteiger partial charge in [-0.2, -0.15) is 0 Å². The highest BCUT2D eigenvalue weighted by Gasteiger charge is 2.23. The third-order valence-electron chi connectivity index (χ3n) is 3.95. The van der Waals surface area contributed by atoms with Crippen molar-refractivity contribution >= 4 is 5.91 Å². The van der Waals surface area contributed by atoms with E-state index in [9.17, 15) is 13.6 Å². The Morgan fingerprint density at radius 3 is 2.68 bits per heavy atom. The van der Waals surface area contributed by atoms with Gasteiger partial charge in [0, 0.05) is 25.2 Å². The summed E-state index contributed by atoms with van der Waals surface area (Å²) in [6.07, 6.45) is 0.971. The third kappa shape index (κ3) is 4.40. The topological polar surface area (TPSA) is 41.6 Å². The minimum Gasteiger partial charge on any atom is -0.478 e. The summed E-state index contributed by atoms with van der Waals surface area (Å²) in [6, 6.07) is 3.15. The van der Waals surface area contributed by atoms with Gasteiger partial charge in [-0.1, -0.05) is 6.92 Å². The molecular weight excluding hydrogens is 290 g/mol. The van der Waals surface area contributed by atoms with Crippen molar-refractivity contribution in [2.45, 2.75) is 38.8 Å². The fraction of sp³-hybridized carbons (Fsp3) is 0.562. The van der Waals surface area contributed by atoms with Gasteiger partial charge in [0.15, 0.2) is 17.7 Å².